The van der Waals surface area contributed by atoms with Crippen LogP contribution in [0.15, 0.2) is 35.3 Å². The molecule has 1 amide bonds. The van der Waals surface area contributed by atoms with Crippen LogP contribution in [0.3, 0.4) is 0 Å². The Balaban J connectivity index is 1.71. The van der Waals surface area contributed by atoms with Gasteiger partial charge in [-0.3, -0.25) is 9.59 Å². The van der Waals surface area contributed by atoms with Crippen LogP contribution in [0.4, 0.5) is 11.4 Å². The highest BCUT2D eigenvalue weighted by atomic mass is 16.5. The van der Waals surface area contributed by atoms with E-state index in [0.29, 0.717) is 23.7 Å². The number of aryl methyl sites for hydroxylation is 1. The Bertz CT molecular complexity index is 880. The number of amides is 1. The van der Waals surface area contributed by atoms with Crippen molar-refractivity contribution < 1.29 is 14.3 Å². The van der Waals surface area contributed by atoms with E-state index in [2.05, 4.69) is 10.4 Å². The number of ether oxygens (including phenoxy) is 2. The highest BCUT2D eigenvalue weighted by molar-refractivity contribution is 5.94. The first-order valence-electron chi connectivity index (χ1n) is 8.83. The van der Waals surface area contributed by atoms with Gasteiger partial charge in [0.1, 0.15) is 11.5 Å². The average molecular weight is 372 g/mol. The van der Waals surface area contributed by atoms with E-state index in [1.807, 2.05) is 4.90 Å². The molecule has 8 nitrogen and oxygen atoms in total. The third-order valence-electron chi connectivity index (χ3n) is 4.78. The number of aromatic nitrogens is 2. The van der Waals surface area contributed by atoms with Crippen molar-refractivity contribution in [3.63, 3.8) is 0 Å². The van der Waals surface area contributed by atoms with Crippen LogP contribution in [0.5, 0.6) is 11.5 Å². The molecule has 1 aliphatic heterocycles. The molecule has 0 spiro atoms. The number of benzene rings is 1. The van der Waals surface area contributed by atoms with Crippen LogP contribution in [0.1, 0.15) is 12.8 Å². The fraction of sp³-hybridized carbons (Fsp3) is 0.421. The van der Waals surface area contributed by atoms with Gasteiger partial charge < -0.3 is 19.7 Å². The van der Waals surface area contributed by atoms with E-state index < -0.39 is 0 Å². The van der Waals surface area contributed by atoms with Gasteiger partial charge in [-0.1, -0.05) is 0 Å². The van der Waals surface area contributed by atoms with Gasteiger partial charge >= 0.3 is 0 Å². The number of carbonyl (C=O) groups is 1. The predicted molar refractivity (Wildman–Crippen MR) is 103 cm³/mol. The molecular weight excluding hydrogens is 348 g/mol. The topological polar surface area (TPSA) is 85.7 Å². The van der Waals surface area contributed by atoms with Crippen molar-refractivity contribution in [2.75, 3.05) is 37.5 Å². The fourth-order valence-electron chi connectivity index (χ4n) is 3.20. The van der Waals surface area contributed by atoms with Gasteiger partial charge in [0.15, 0.2) is 0 Å². The third kappa shape index (κ3) is 4.21. The number of rotatable bonds is 5. The van der Waals surface area contributed by atoms with Gasteiger partial charge in [0, 0.05) is 32.3 Å². The number of methoxy groups -OCH3 is 2. The van der Waals surface area contributed by atoms with E-state index in [1.54, 1.807) is 51.7 Å². The van der Waals surface area contributed by atoms with Crippen LogP contribution in [-0.4, -0.2) is 43.0 Å². The molecule has 1 aromatic carbocycles. The Morgan fingerprint density at radius 3 is 2.78 bits per heavy atom. The molecular formula is C19H24N4O4. The summed E-state index contributed by atoms with van der Waals surface area (Å²) < 4.78 is 11.8. The van der Waals surface area contributed by atoms with Gasteiger partial charge in [0.25, 0.3) is 5.56 Å². The second-order valence-corrected chi connectivity index (χ2v) is 6.52. The maximum Gasteiger partial charge on any atom is 0.268 e. The predicted octanol–water partition coefficient (Wildman–Crippen LogP) is 1.65. The molecule has 2 heterocycles. The van der Waals surface area contributed by atoms with Crippen LogP contribution in [-0.2, 0) is 11.8 Å². The molecule has 1 saturated heterocycles. The number of piperidine rings is 1. The molecule has 3 rings (SSSR count). The van der Waals surface area contributed by atoms with Gasteiger partial charge in [-0.05, 0) is 25.0 Å². The van der Waals surface area contributed by atoms with Crippen molar-refractivity contribution in [3.05, 3.63) is 40.8 Å². The van der Waals surface area contributed by atoms with Crippen molar-refractivity contribution in [3.8, 4) is 11.5 Å². The van der Waals surface area contributed by atoms with Crippen LogP contribution >= 0.6 is 0 Å². The Labute approximate surface area is 157 Å². The van der Waals surface area contributed by atoms with E-state index in [4.69, 9.17) is 9.47 Å². The molecule has 1 aromatic heterocycles. The molecule has 0 saturated carbocycles. The van der Waals surface area contributed by atoms with Gasteiger partial charge in [-0.2, -0.15) is 5.10 Å². The zero-order chi connectivity index (χ0) is 19.4. The lowest BCUT2D eigenvalue weighted by Crippen LogP contribution is -2.41. The second-order valence-electron chi connectivity index (χ2n) is 6.52. The fourth-order valence-corrected chi connectivity index (χ4v) is 3.20. The summed E-state index contributed by atoms with van der Waals surface area (Å²) in [5, 5.41) is 7.01. The molecule has 144 valence electrons. The summed E-state index contributed by atoms with van der Waals surface area (Å²) in [5.74, 6) is 0.951. The quantitative estimate of drug-likeness (QED) is 0.859. The summed E-state index contributed by atoms with van der Waals surface area (Å²) in [4.78, 5) is 26.6. The lowest BCUT2D eigenvalue weighted by molar-refractivity contribution is -0.120. The van der Waals surface area contributed by atoms with E-state index in [1.165, 1.54) is 4.68 Å². The summed E-state index contributed by atoms with van der Waals surface area (Å²) in [6.45, 7) is 1.34. The second kappa shape index (κ2) is 8.11. The minimum absolute atomic E-state index is 0.0695. The first-order chi connectivity index (χ1) is 13.0. The first-order valence-corrected chi connectivity index (χ1v) is 8.83. The summed E-state index contributed by atoms with van der Waals surface area (Å²) in [7, 11) is 4.74. The summed E-state index contributed by atoms with van der Waals surface area (Å²) in [6.07, 6.45) is 3.32. The first kappa shape index (κ1) is 18.8. The smallest absolute Gasteiger partial charge is 0.268 e. The minimum Gasteiger partial charge on any atom is -0.497 e. The Hall–Kier alpha value is -3.03. The number of hydrogen-bond donors (Lipinski definition) is 1. The Morgan fingerprint density at radius 1 is 1.26 bits per heavy atom. The van der Waals surface area contributed by atoms with Crippen LogP contribution in [0, 0.1) is 5.92 Å². The van der Waals surface area contributed by atoms with Gasteiger partial charge in [0.05, 0.1) is 37.7 Å². The molecule has 1 N–H and O–H groups in total. The maximum atomic E-state index is 12.8. The van der Waals surface area contributed by atoms with Crippen molar-refractivity contribution in [1.82, 2.24) is 9.78 Å². The Morgan fingerprint density at radius 2 is 2.07 bits per heavy atom. The summed E-state index contributed by atoms with van der Waals surface area (Å²) in [6, 6.07) is 6.83. The van der Waals surface area contributed by atoms with Crippen LogP contribution in [0.2, 0.25) is 0 Å². The van der Waals surface area contributed by atoms with Crippen molar-refractivity contribution in [2.24, 2.45) is 13.0 Å². The van der Waals surface area contributed by atoms with Crippen molar-refractivity contribution in [1.29, 1.82) is 0 Å². The van der Waals surface area contributed by atoms with Gasteiger partial charge in [-0.25, -0.2) is 4.68 Å². The molecule has 1 atom stereocenters. The molecule has 0 radical (unpaired) electrons. The molecule has 8 heteroatoms. The SMILES string of the molecule is COc1ccc(NC(=O)[C@H]2CCCN(c3cnn(C)c(=O)c3)C2)c(OC)c1. The van der Waals surface area contributed by atoms with E-state index >= 15 is 0 Å². The molecule has 1 aliphatic rings. The minimum atomic E-state index is -0.186. The van der Waals surface area contributed by atoms with Crippen LogP contribution < -0.4 is 25.2 Å². The third-order valence-corrected chi connectivity index (χ3v) is 4.78. The number of nitrogens with one attached hydrogen (secondary N) is 1. The zero-order valence-corrected chi connectivity index (χ0v) is 15.8. The number of nitrogens with zero attached hydrogens (tertiary/aromatic N) is 3. The molecule has 27 heavy (non-hydrogen) atoms. The summed E-state index contributed by atoms with van der Waals surface area (Å²) in [5.41, 5.74) is 1.19. The van der Waals surface area contributed by atoms with E-state index in [9.17, 15) is 9.59 Å². The lowest BCUT2D eigenvalue weighted by atomic mass is 9.96. The van der Waals surface area contributed by atoms with Crippen LogP contribution in [0.25, 0.3) is 0 Å². The number of carbonyl (C=O) groups excluding carboxylic acids is 1. The Kier molecular flexibility index (Phi) is 5.63. The lowest BCUT2D eigenvalue weighted by Gasteiger charge is -2.33. The molecule has 2 aromatic rings. The molecule has 1 fully saturated rings. The molecule has 0 unspecified atom stereocenters. The average Bonchev–Trinajstić information content (AvgIpc) is 2.70. The normalized spacial score (nSPS) is 16.7. The standard InChI is InChI=1S/C19H24N4O4/c1-22-18(24)9-14(11-20-22)23-8-4-5-13(12-23)19(25)21-16-7-6-15(26-2)10-17(16)27-3/h6-7,9-11,13H,4-5,8,12H2,1-3H3,(H,21,25)/t13-/m0/s1. The molecule has 0 bridgehead atoms. The molecule has 0 aliphatic carbocycles. The number of hydrogen-bond acceptors (Lipinski definition) is 6. The zero-order valence-electron chi connectivity index (χ0n) is 15.8. The van der Waals surface area contributed by atoms with Gasteiger partial charge in [-0.15, -0.1) is 0 Å². The number of anilines is 2. The highest BCUT2D eigenvalue weighted by Crippen LogP contribution is 2.30. The highest BCUT2D eigenvalue weighted by Gasteiger charge is 2.27. The largest absolute Gasteiger partial charge is 0.497 e. The monoisotopic (exact) mass is 372 g/mol. The maximum absolute atomic E-state index is 12.8. The van der Waals surface area contributed by atoms with Gasteiger partial charge in [0.2, 0.25) is 5.91 Å². The van der Waals surface area contributed by atoms with E-state index in [-0.39, 0.29) is 17.4 Å². The summed E-state index contributed by atoms with van der Waals surface area (Å²) >= 11 is 0. The van der Waals surface area contributed by atoms with Crippen molar-refractivity contribution >= 4 is 17.3 Å². The van der Waals surface area contributed by atoms with Crippen molar-refractivity contribution in [2.45, 2.75) is 12.8 Å². The van der Waals surface area contributed by atoms with E-state index in [0.717, 1.165) is 25.1 Å².